The fraction of sp³-hybridized carbons (Fsp3) is 0.417. The Balaban J connectivity index is 3.43. The Morgan fingerprint density at radius 2 is 1.58 bits per heavy atom. The van der Waals surface area contributed by atoms with Gasteiger partial charge in [0, 0.05) is 6.07 Å². The highest BCUT2D eigenvalue weighted by molar-refractivity contribution is 5.98. The topological polar surface area (TPSA) is 125 Å². The third-order valence-electron chi connectivity index (χ3n) is 3.63. The molecule has 0 aliphatic rings. The van der Waals surface area contributed by atoms with Gasteiger partial charge in [0.2, 0.25) is 11.3 Å². The molecule has 0 aliphatic heterocycles. The van der Waals surface area contributed by atoms with E-state index in [0.29, 0.717) is 19.1 Å². The van der Waals surface area contributed by atoms with Gasteiger partial charge in [0.25, 0.3) is 0 Å². The predicted octanol–water partition coefficient (Wildman–Crippen LogP) is 0.953. The zero-order valence-electron chi connectivity index (χ0n) is 12.8. The molecule has 1 aromatic rings. The molecule has 14 heteroatoms. The van der Waals surface area contributed by atoms with Crippen molar-refractivity contribution < 1.29 is 52.0 Å². The number of anilines is 1. The van der Waals surface area contributed by atoms with Crippen molar-refractivity contribution in [3.05, 3.63) is 28.6 Å². The Kier molecular flexibility index (Phi) is 6.23. The number of nitrogens with one attached hydrogen (secondary N) is 3. The molecule has 0 aromatic heterocycles. The monoisotopic (exact) mass is 393 g/mol. The average molecular weight is 393 g/mol. The van der Waals surface area contributed by atoms with Gasteiger partial charge in [-0.2, -0.15) is 36.8 Å². The molecule has 2 atom stereocenters. The molecule has 0 saturated carbocycles. The van der Waals surface area contributed by atoms with E-state index < -0.39 is 57.6 Å². The third kappa shape index (κ3) is 3.89. The van der Waals surface area contributed by atoms with Gasteiger partial charge in [-0.3, -0.25) is 4.79 Å². The zero-order valence-corrected chi connectivity index (χ0v) is 12.8. The van der Waals surface area contributed by atoms with Crippen molar-refractivity contribution in [2.45, 2.75) is 25.7 Å². The normalized spacial score (nSPS) is 15.5. The number of quaternary nitrogens is 2. The minimum atomic E-state index is -6.01. The third-order valence-corrected chi connectivity index (χ3v) is 3.63. The van der Waals surface area contributed by atoms with Crippen LogP contribution in [0.3, 0.4) is 0 Å². The van der Waals surface area contributed by atoms with Gasteiger partial charge in [0.1, 0.15) is 5.69 Å². The SMILES string of the molecule is CCC(C(=O)Nc1ccc([NH+]([O-])O)cc1[NH+]([O-])O)(C(F)(F)F)C(F)(F)F. The van der Waals surface area contributed by atoms with Crippen molar-refractivity contribution in [2.75, 3.05) is 5.32 Å². The van der Waals surface area contributed by atoms with Gasteiger partial charge in [-0.05, 0) is 12.5 Å². The van der Waals surface area contributed by atoms with Crippen LogP contribution in [0, 0.1) is 15.8 Å². The number of benzene rings is 1. The maximum absolute atomic E-state index is 13.1. The molecule has 2 unspecified atom stereocenters. The van der Waals surface area contributed by atoms with Gasteiger partial charge in [0.05, 0.1) is 6.07 Å². The molecule has 1 amide bonds. The Labute approximate surface area is 141 Å². The number of carbonyl (C=O) groups excluding carboxylic acids is 1. The van der Waals surface area contributed by atoms with Gasteiger partial charge < -0.3 is 15.7 Å². The zero-order chi connectivity index (χ0) is 20.5. The minimum absolute atomic E-state index is 0.495. The summed E-state index contributed by atoms with van der Waals surface area (Å²) >= 11 is 0. The second kappa shape index (κ2) is 7.34. The van der Waals surface area contributed by atoms with Crippen molar-refractivity contribution in [2.24, 2.45) is 5.41 Å². The van der Waals surface area contributed by atoms with Crippen LogP contribution < -0.4 is 15.8 Å². The average Bonchev–Trinajstić information content (AvgIpc) is 2.45. The van der Waals surface area contributed by atoms with Crippen molar-refractivity contribution >= 4 is 23.0 Å². The van der Waals surface area contributed by atoms with Gasteiger partial charge in [-0.1, -0.05) is 6.92 Å². The molecule has 0 fully saturated rings. The molecular weight excluding hydrogens is 380 g/mol. The summed E-state index contributed by atoms with van der Waals surface area (Å²) < 4.78 is 78.5. The van der Waals surface area contributed by atoms with E-state index in [-0.39, 0.29) is 0 Å². The molecule has 0 spiro atoms. The molecular formula is C12H13F6N3O5. The lowest BCUT2D eigenvalue weighted by atomic mass is 9.82. The number of halogens is 6. The van der Waals surface area contributed by atoms with Crippen LogP contribution >= 0.6 is 0 Å². The van der Waals surface area contributed by atoms with E-state index in [9.17, 15) is 41.6 Å². The molecule has 5 N–H and O–H groups in total. The van der Waals surface area contributed by atoms with Crippen molar-refractivity contribution in [1.82, 2.24) is 0 Å². The van der Waals surface area contributed by atoms with Crippen LogP contribution in [0.2, 0.25) is 0 Å². The van der Waals surface area contributed by atoms with Crippen LogP contribution in [0.25, 0.3) is 0 Å². The van der Waals surface area contributed by atoms with Gasteiger partial charge in [-0.25, -0.2) is 10.4 Å². The van der Waals surface area contributed by atoms with E-state index in [2.05, 4.69) is 0 Å². The van der Waals surface area contributed by atoms with Crippen molar-refractivity contribution in [1.29, 1.82) is 0 Å². The van der Waals surface area contributed by atoms with Crippen LogP contribution in [0.15, 0.2) is 18.2 Å². The fourth-order valence-corrected chi connectivity index (χ4v) is 2.17. The number of rotatable bonds is 5. The molecule has 26 heavy (non-hydrogen) atoms. The molecule has 0 heterocycles. The number of carbonyl (C=O) groups is 1. The van der Waals surface area contributed by atoms with Gasteiger partial charge in [-0.15, -0.1) is 0 Å². The molecule has 148 valence electrons. The fourth-order valence-electron chi connectivity index (χ4n) is 2.17. The summed E-state index contributed by atoms with van der Waals surface area (Å²) in [5, 5.41) is 37.5. The van der Waals surface area contributed by atoms with E-state index in [1.54, 1.807) is 0 Å². The van der Waals surface area contributed by atoms with Crippen LogP contribution in [0.4, 0.5) is 43.4 Å². The molecule has 0 bridgehead atoms. The first kappa shape index (κ1) is 22.1. The summed E-state index contributed by atoms with van der Waals surface area (Å²) in [5.41, 5.74) is -7.23. The highest BCUT2D eigenvalue weighted by Crippen LogP contribution is 2.53. The second-order valence-corrected chi connectivity index (χ2v) is 5.08. The van der Waals surface area contributed by atoms with Gasteiger partial charge >= 0.3 is 12.4 Å². The highest BCUT2D eigenvalue weighted by atomic mass is 19.4. The predicted molar refractivity (Wildman–Crippen MR) is 71.5 cm³/mol. The smallest absolute Gasteiger partial charge is 0.412 e. The Morgan fingerprint density at radius 1 is 1.08 bits per heavy atom. The van der Waals surface area contributed by atoms with Gasteiger partial charge in [0.15, 0.2) is 11.4 Å². The summed E-state index contributed by atoms with van der Waals surface area (Å²) in [5.74, 6) is -2.52. The quantitative estimate of drug-likeness (QED) is 0.376. The number of alkyl halides is 6. The Hall–Kier alpha value is -1.97. The van der Waals surface area contributed by atoms with Crippen molar-refractivity contribution in [3.63, 3.8) is 0 Å². The number of hydrogen-bond donors (Lipinski definition) is 5. The lowest BCUT2D eigenvalue weighted by molar-refractivity contribution is -0.996. The molecule has 0 radical (unpaired) electrons. The standard InChI is InChI=1S/C12H13F6N3O5/c1-2-10(11(13,14)15,12(16,17)18)9(22)19-7-4-3-6(20(23)24)5-8(7)21(25)26/h3-5,20-21,23,25H,2H2,1H3,(H,19,22). The first-order chi connectivity index (χ1) is 11.7. The lowest BCUT2D eigenvalue weighted by Crippen LogP contribution is -3.00. The number of amides is 1. The summed E-state index contributed by atoms with van der Waals surface area (Å²) in [6.07, 6.45) is -13.7. The largest absolute Gasteiger partial charge is 0.595 e. The minimum Gasteiger partial charge on any atom is -0.595 e. The van der Waals surface area contributed by atoms with E-state index in [1.165, 1.54) is 5.32 Å². The Morgan fingerprint density at radius 3 is 1.92 bits per heavy atom. The van der Waals surface area contributed by atoms with Crippen LogP contribution in [-0.2, 0) is 4.79 Å². The molecule has 8 nitrogen and oxygen atoms in total. The van der Waals surface area contributed by atoms with E-state index in [1.807, 2.05) is 0 Å². The number of hydrogen-bond acceptors (Lipinski definition) is 5. The van der Waals surface area contributed by atoms with Crippen LogP contribution in [0.1, 0.15) is 13.3 Å². The molecule has 1 aromatic carbocycles. The maximum Gasteiger partial charge on any atom is 0.412 e. The Bertz CT molecular complexity index is 648. The highest BCUT2D eigenvalue weighted by Gasteiger charge is 2.74. The molecule has 1 rings (SSSR count). The van der Waals surface area contributed by atoms with Crippen LogP contribution in [-0.4, -0.2) is 28.7 Å². The molecule has 0 aliphatic carbocycles. The summed E-state index contributed by atoms with van der Waals surface area (Å²) in [6, 6.07) is 1.81. The first-order valence-electron chi connectivity index (χ1n) is 6.74. The van der Waals surface area contributed by atoms with E-state index in [4.69, 9.17) is 10.4 Å². The summed E-state index contributed by atoms with van der Waals surface area (Å²) in [6.45, 7) is 0.506. The first-order valence-corrected chi connectivity index (χ1v) is 6.74. The summed E-state index contributed by atoms with van der Waals surface area (Å²) in [7, 11) is 0. The molecule has 0 saturated heterocycles. The van der Waals surface area contributed by atoms with Crippen molar-refractivity contribution in [3.8, 4) is 0 Å². The van der Waals surface area contributed by atoms with E-state index in [0.717, 1.165) is 6.07 Å². The second-order valence-electron chi connectivity index (χ2n) is 5.08. The van der Waals surface area contributed by atoms with E-state index >= 15 is 0 Å². The van der Waals surface area contributed by atoms with Crippen LogP contribution in [0.5, 0.6) is 0 Å². The lowest BCUT2D eigenvalue weighted by Gasteiger charge is -2.35. The summed E-state index contributed by atoms with van der Waals surface area (Å²) in [4.78, 5) is 11.9. The maximum atomic E-state index is 13.1.